The van der Waals surface area contributed by atoms with Gasteiger partial charge in [-0.25, -0.2) is 0 Å². The second kappa shape index (κ2) is 6.40. The molecule has 0 spiro atoms. The van der Waals surface area contributed by atoms with Crippen molar-refractivity contribution in [3.05, 3.63) is 0 Å². The molecule has 0 radical (unpaired) electrons. The highest BCUT2D eigenvalue weighted by atomic mass is 16.0. The van der Waals surface area contributed by atoms with E-state index < -0.39 is 0 Å². The molecule has 0 aliphatic carbocycles. The summed E-state index contributed by atoms with van der Waals surface area (Å²) < 4.78 is 0. The highest BCUT2D eigenvalue weighted by Crippen LogP contribution is 2.00. The summed E-state index contributed by atoms with van der Waals surface area (Å²) in [5.74, 6) is 0. The molecule has 0 aromatic heterocycles. The molecular formula is C9H22N2O. The number of likely N-dealkylation sites (N-methyl/N-ethyl adjacent to an activating group) is 1. The van der Waals surface area contributed by atoms with Crippen LogP contribution in [0.5, 0.6) is 0 Å². The fraction of sp³-hybridized carbons (Fsp3) is 1.00. The summed E-state index contributed by atoms with van der Waals surface area (Å²) in [7, 11) is 0. The minimum absolute atomic E-state index is 0. The first-order chi connectivity index (χ1) is 5.36. The molecule has 0 aromatic rings. The Morgan fingerprint density at radius 2 is 1.42 bits per heavy atom. The van der Waals surface area contributed by atoms with Crippen molar-refractivity contribution in [2.24, 2.45) is 0 Å². The van der Waals surface area contributed by atoms with Gasteiger partial charge in [-0.1, -0.05) is 13.8 Å². The van der Waals surface area contributed by atoms with Gasteiger partial charge in [0.2, 0.25) is 0 Å². The van der Waals surface area contributed by atoms with Gasteiger partial charge in [0, 0.05) is 26.2 Å². The smallest absolute Gasteiger partial charge is 0.0110 e. The van der Waals surface area contributed by atoms with Gasteiger partial charge in [0.05, 0.1) is 0 Å². The standard InChI is InChI=1S/C9H20N2.H2O/c1-3-5-11-8-6-10(4-2)7-9-11;/h3-9H2,1-2H3;1H2. The molecule has 3 heteroatoms. The predicted molar refractivity (Wildman–Crippen MR) is 52.5 cm³/mol. The van der Waals surface area contributed by atoms with E-state index in [1.807, 2.05) is 0 Å². The summed E-state index contributed by atoms with van der Waals surface area (Å²) in [6.07, 6.45) is 1.30. The molecule has 3 nitrogen and oxygen atoms in total. The van der Waals surface area contributed by atoms with Crippen LogP contribution in [0.1, 0.15) is 20.3 Å². The molecule has 74 valence electrons. The summed E-state index contributed by atoms with van der Waals surface area (Å²) in [6, 6.07) is 0. The van der Waals surface area contributed by atoms with Gasteiger partial charge in [0.1, 0.15) is 0 Å². The van der Waals surface area contributed by atoms with Crippen LogP contribution in [0.15, 0.2) is 0 Å². The zero-order valence-corrected chi connectivity index (χ0v) is 8.34. The molecule has 1 aliphatic rings. The Morgan fingerprint density at radius 3 is 1.83 bits per heavy atom. The molecule has 1 rings (SSSR count). The number of nitrogens with zero attached hydrogens (tertiary/aromatic N) is 2. The Kier molecular flexibility index (Phi) is 6.34. The van der Waals surface area contributed by atoms with Gasteiger partial charge in [-0.15, -0.1) is 0 Å². The van der Waals surface area contributed by atoms with Crippen molar-refractivity contribution in [2.75, 3.05) is 39.3 Å². The van der Waals surface area contributed by atoms with Crippen molar-refractivity contribution in [2.45, 2.75) is 20.3 Å². The molecule has 0 saturated carbocycles. The number of hydrogen-bond acceptors (Lipinski definition) is 2. The van der Waals surface area contributed by atoms with Gasteiger partial charge in [-0.05, 0) is 19.5 Å². The van der Waals surface area contributed by atoms with Crippen LogP contribution in [0.3, 0.4) is 0 Å². The van der Waals surface area contributed by atoms with Gasteiger partial charge in [0.15, 0.2) is 0 Å². The van der Waals surface area contributed by atoms with Gasteiger partial charge in [0.25, 0.3) is 0 Å². The molecule has 0 bridgehead atoms. The third kappa shape index (κ3) is 3.52. The topological polar surface area (TPSA) is 38.0 Å². The molecule has 0 aromatic carbocycles. The first-order valence-corrected chi connectivity index (χ1v) is 4.81. The van der Waals surface area contributed by atoms with E-state index in [0.29, 0.717) is 0 Å². The quantitative estimate of drug-likeness (QED) is 0.613. The van der Waals surface area contributed by atoms with Gasteiger partial charge in [-0.3, -0.25) is 0 Å². The maximum absolute atomic E-state index is 2.56. The monoisotopic (exact) mass is 174 g/mol. The van der Waals surface area contributed by atoms with E-state index in [1.165, 1.54) is 45.7 Å². The molecule has 0 atom stereocenters. The lowest BCUT2D eigenvalue weighted by molar-refractivity contribution is 0.137. The van der Waals surface area contributed by atoms with E-state index >= 15 is 0 Å². The second-order valence-electron chi connectivity index (χ2n) is 3.28. The Morgan fingerprint density at radius 1 is 0.917 bits per heavy atom. The molecule has 1 fully saturated rings. The van der Waals surface area contributed by atoms with Crippen molar-refractivity contribution >= 4 is 0 Å². The van der Waals surface area contributed by atoms with E-state index in [0.717, 1.165) is 0 Å². The number of piperazine rings is 1. The summed E-state index contributed by atoms with van der Waals surface area (Å²) in [4.78, 5) is 5.08. The first kappa shape index (κ1) is 11.9. The SMILES string of the molecule is CCCN1CCN(CC)CC1.O. The van der Waals surface area contributed by atoms with Crippen LogP contribution in [0.2, 0.25) is 0 Å². The molecule has 0 amide bonds. The lowest BCUT2D eigenvalue weighted by Crippen LogP contribution is -2.46. The lowest BCUT2D eigenvalue weighted by Gasteiger charge is -2.33. The average molecular weight is 174 g/mol. The predicted octanol–water partition coefficient (Wildman–Crippen LogP) is 0.209. The highest BCUT2D eigenvalue weighted by molar-refractivity contribution is 4.69. The van der Waals surface area contributed by atoms with E-state index in [2.05, 4.69) is 23.6 Å². The number of hydrogen-bond donors (Lipinski definition) is 0. The van der Waals surface area contributed by atoms with Crippen LogP contribution in [0.25, 0.3) is 0 Å². The number of rotatable bonds is 3. The molecule has 2 N–H and O–H groups in total. The molecule has 12 heavy (non-hydrogen) atoms. The maximum atomic E-state index is 2.56. The van der Waals surface area contributed by atoms with Gasteiger partial charge in [-0.2, -0.15) is 0 Å². The van der Waals surface area contributed by atoms with E-state index in [1.54, 1.807) is 0 Å². The largest absolute Gasteiger partial charge is 0.412 e. The maximum Gasteiger partial charge on any atom is 0.0110 e. The molecule has 1 saturated heterocycles. The molecular weight excluding hydrogens is 152 g/mol. The second-order valence-corrected chi connectivity index (χ2v) is 3.28. The third-order valence-corrected chi connectivity index (χ3v) is 2.45. The van der Waals surface area contributed by atoms with Crippen LogP contribution in [0.4, 0.5) is 0 Å². The fourth-order valence-corrected chi connectivity index (χ4v) is 1.65. The third-order valence-electron chi connectivity index (χ3n) is 2.45. The molecule has 0 unspecified atom stereocenters. The van der Waals surface area contributed by atoms with Crippen LogP contribution in [-0.2, 0) is 0 Å². The fourth-order valence-electron chi connectivity index (χ4n) is 1.65. The van der Waals surface area contributed by atoms with Gasteiger partial charge >= 0.3 is 0 Å². The first-order valence-electron chi connectivity index (χ1n) is 4.81. The van der Waals surface area contributed by atoms with Crippen LogP contribution >= 0.6 is 0 Å². The van der Waals surface area contributed by atoms with Crippen LogP contribution in [-0.4, -0.2) is 54.5 Å². The zero-order valence-electron chi connectivity index (χ0n) is 8.34. The highest BCUT2D eigenvalue weighted by Gasteiger charge is 2.13. The Hall–Kier alpha value is -0.120. The normalized spacial score (nSPS) is 20.5. The summed E-state index contributed by atoms with van der Waals surface area (Å²) in [5.41, 5.74) is 0. The van der Waals surface area contributed by atoms with Crippen molar-refractivity contribution in [1.29, 1.82) is 0 Å². The van der Waals surface area contributed by atoms with Crippen molar-refractivity contribution in [1.82, 2.24) is 9.80 Å². The summed E-state index contributed by atoms with van der Waals surface area (Å²) in [5, 5.41) is 0. The zero-order chi connectivity index (χ0) is 8.10. The van der Waals surface area contributed by atoms with E-state index in [9.17, 15) is 0 Å². The lowest BCUT2D eigenvalue weighted by atomic mass is 10.3. The van der Waals surface area contributed by atoms with Crippen molar-refractivity contribution < 1.29 is 5.48 Å². The van der Waals surface area contributed by atoms with Crippen LogP contribution in [0, 0.1) is 0 Å². The average Bonchev–Trinajstić information content (AvgIpc) is 2.07. The van der Waals surface area contributed by atoms with E-state index in [-0.39, 0.29) is 5.48 Å². The molecule has 1 heterocycles. The van der Waals surface area contributed by atoms with Crippen molar-refractivity contribution in [3.63, 3.8) is 0 Å². The Balaban J connectivity index is 0.00000121. The Bertz CT molecular complexity index is 101. The summed E-state index contributed by atoms with van der Waals surface area (Å²) in [6.45, 7) is 12.1. The van der Waals surface area contributed by atoms with E-state index in [4.69, 9.17) is 0 Å². The summed E-state index contributed by atoms with van der Waals surface area (Å²) >= 11 is 0. The minimum Gasteiger partial charge on any atom is -0.412 e. The van der Waals surface area contributed by atoms with Crippen molar-refractivity contribution in [3.8, 4) is 0 Å². The Labute approximate surface area is 75.7 Å². The minimum atomic E-state index is 0. The van der Waals surface area contributed by atoms with Crippen LogP contribution < -0.4 is 0 Å². The van der Waals surface area contributed by atoms with Gasteiger partial charge < -0.3 is 15.3 Å². The molecule has 1 aliphatic heterocycles.